The van der Waals surface area contributed by atoms with E-state index in [0.29, 0.717) is 22.0 Å². The number of thiophene rings is 1. The zero-order chi connectivity index (χ0) is 13.2. The Hall–Kier alpha value is -1.54. The van der Waals surface area contributed by atoms with Crippen LogP contribution in [0.25, 0.3) is 10.2 Å². The predicted octanol–water partition coefficient (Wildman–Crippen LogP) is 1.77. The van der Waals surface area contributed by atoms with Crippen molar-refractivity contribution in [2.45, 2.75) is 5.92 Å². The molecule has 0 unspecified atom stereocenters. The second kappa shape index (κ2) is 4.99. The third-order valence-corrected chi connectivity index (χ3v) is 3.10. The Morgan fingerprint density at radius 1 is 1.44 bits per heavy atom. The van der Waals surface area contributed by atoms with Crippen molar-refractivity contribution in [1.29, 1.82) is 0 Å². The lowest BCUT2D eigenvalue weighted by Gasteiger charge is -2.15. The van der Waals surface area contributed by atoms with E-state index in [9.17, 15) is 8.78 Å². The van der Waals surface area contributed by atoms with Crippen LogP contribution in [-0.2, 0) is 0 Å². The van der Waals surface area contributed by atoms with E-state index in [-0.39, 0.29) is 0 Å². The van der Waals surface area contributed by atoms with Crippen molar-refractivity contribution in [2.75, 3.05) is 30.8 Å². The van der Waals surface area contributed by atoms with Crippen LogP contribution in [0.3, 0.4) is 0 Å². The average Bonchev–Trinajstić information content (AvgIpc) is 2.84. The molecule has 18 heavy (non-hydrogen) atoms. The minimum atomic E-state index is -3.17. The van der Waals surface area contributed by atoms with E-state index >= 15 is 0 Å². The van der Waals surface area contributed by atoms with Gasteiger partial charge in [-0.25, -0.2) is 13.8 Å². The van der Waals surface area contributed by atoms with E-state index in [2.05, 4.69) is 20.6 Å². The van der Waals surface area contributed by atoms with Crippen molar-refractivity contribution < 1.29 is 13.9 Å². The summed E-state index contributed by atoms with van der Waals surface area (Å²) in [7, 11) is 1.65. The Balaban J connectivity index is 2.28. The summed E-state index contributed by atoms with van der Waals surface area (Å²) >= 11 is 1.40. The molecule has 2 aromatic rings. The molecule has 2 rings (SSSR count). The van der Waals surface area contributed by atoms with Crippen molar-refractivity contribution in [3.05, 3.63) is 11.4 Å². The standard InChI is InChI=1S/C10H12F2N4OS/c1-13-9-15-7(14-4-10(11,12)5-17)6-2-3-18-8(6)16-9/h2-3,17H,4-5H2,1H3,(H2,13,14,15,16). The number of nitrogens with one attached hydrogen (secondary N) is 2. The highest BCUT2D eigenvalue weighted by atomic mass is 32.1. The number of aliphatic hydroxyl groups is 1. The maximum atomic E-state index is 13.0. The molecule has 0 aromatic carbocycles. The number of alkyl halides is 2. The molecule has 5 nitrogen and oxygen atoms in total. The molecule has 3 N–H and O–H groups in total. The maximum absolute atomic E-state index is 13.0. The summed E-state index contributed by atoms with van der Waals surface area (Å²) in [5.41, 5.74) is 0. The van der Waals surface area contributed by atoms with Gasteiger partial charge in [0.25, 0.3) is 5.92 Å². The van der Waals surface area contributed by atoms with Crippen LogP contribution in [0.2, 0.25) is 0 Å². The number of rotatable bonds is 5. The van der Waals surface area contributed by atoms with Crippen molar-refractivity contribution >= 4 is 33.3 Å². The molecular formula is C10H12F2N4OS. The second-order valence-electron chi connectivity index (χ2n) is 3.65. The Morgan fingerprint density at radius 2 is 2.22 bits per heavy atom. The Morgan fingerprint density at radius 3 is 2.89 bits per heavy atom. The van der Waals surface area contributed by atoms with Crippen LogP contribution in [0.1, 0.15) is 0 Å². The number of hydrogen-bond donors (Lipinski definition) is 3. The molecule has 0 saturated heterocycles. The largest absolute Gasteiger partial charge is 0.390 e. The molecule has 2 aromatic heterocycles. The third-order valence-electron chi connectivity index (χ3n) is 2.29. The Kier molecular flexibility index (Phi) is 3.58. The van der Waals surface area contributed by atoms with Gasteiger partial charge in [0, 0.05) is 7.05 Å². The highest BCUT2D eigenvalue weighted by Crippen LogP contribution is 2.27. The number of hydrogen-bond acceptors (Lipinski definition) is 6. The molecule has 0 spiro atoms. The van der Waals surface area contributed by atoms with Gasteiger partial charge in [-0.2, -0.15) is 4.98 Å². The average molecular weight is 274 g/mol. The lowest BCUT2D eigenvalue weighted by atomic mass is 10.3. The number of aliphatic hydroxyl groups excluding tert-OH is 1. The molecule has 0 bridgehead atoms. The monoisotopic (exact) mass is 274 g/mol. The fraction of sp³-hybridized carbons (Fsp3) is 0.400. The number of aromatic nitrogens is 2. The summed E-state index contributed by atoms with van der Waals surface area (Å²) < 4.78 is 26.0. The molecule has 8 heteroatoms. The van der Waals surface area contributed by atoms with E-state index in [1.807, 2.05) is 5.38 Å². The first-order valence-corrected chi connectivity index (χ1v) is 6.09. The molecule has 0 fully saturated rings. The quantitative estimate of drug-likeness (QED) is 0.775. The Bertz CT molecular complexity index is 546. The SMILES string of the molecule is CNc1nc(NCC(F)(F)CO)c2ccsc2n1. The summed E-state index contributed by atoms with van der Waals surface area (Å²) in [4.78, 5) is 9.00. The van der Waals surface area contributed by atoms with Gasteiger partial charge in [-0.1, -0.05) is 0 Å². The molecule has 0 amide bonds. The van der Waals surface area contributed by atoms with E-state index < -0.39 is 19.1 Å². The summed E-state index contributed by atoms with van der Waals surface area (Å²) in [6.45, 7) is -1.87. The van der Waals surface area contributed by atoms with E-state index in [4.69, 9.17) is 5.11 Å². The van der Waals surface area contributed by atoms with Gasteiger partial charge in [0.05, 0.1) is 11.9 Å². The van der Waals surface area contributed by atoms with Crippen LogP contribution in [0.5, 0.6) is 0 Å². The summed E-state index contributed by atoms with van der Waals surface area (Å²) in [5.74, 6) is -2.48. The highest BCUT2D eigenvalue weighted by molar-refractivity contribution is 7.16. The molecule has 98 valence electrons. The van der Waals surface area contributed by atoms with Crippen LogP contribution in [0.15, 0.2) is 11.4 Å². The lowest BCUT2D eigenvalue weighted by Crippen LogP contribution is -2.31. The maximum Gasteiger partial charge on any atom is 0.287 e. The van der Waals surface area contributed by atoms with Gasteiger partial charge in [-0.3, -0.25) is 0 Å². The molecular weight excluding hydrogens is 262 g/mol. The van der Waals surface area contributed by atoms with Crippen molar-refractivity contribution in [3.8, 4) is 0 Å². The minimum Gasteiger partial charge on any atom is -0.390 e. The first kappa shape index (κ1) is 12.9. The van der Waals surface area contributed by atoms with Gasteiger partial charge in [-0.05, 0) is 11.4 Å². The topological polar surface area (TPSA) is 70.1 Å². The third kappa shape index (κ3) is 2.65. The fourth-order valence-corrected chi connectivity index (χ4v) is 2.13. The first-order chi connectivity index (χ1) is 8.55. The van der Waals surface area contributed by atoms with E-state index in [1.165, 1.54) is 11.3 Å². The normalized spacial score (nSPS) is 11.8. The van der Waals surface area contributed by atoms with Crippen molar-refractivity contribution in [2.24, 2.45) is 0 Å². The first-order valence-electron chi connectivity index (χ1n) is 5.21. The number of halogens is 2. The molecule has 0 saturated carbocycles. The summed E-state index contributed by atoms with van der Waals surface area (Å²) in [5, 5.41) is 16.3. The zero-order valence-corrected chi connectivity index (χ0v) is 10.4. The predicted molar refractivity (Wildman–Crippen MR) is 67.5 cm³/mol. The molecule has 0 radical (unpaired) electrons. The van der Waals surface area contributed by atoms with Gasteiger partial charge >= 0.3 is 0 Å². The molecule has 2 heterocycles. The fourth-order valence-electron chi connectivity index (χ4n) is 1.37. The van der Waals surface area contributed by atoms with Crippen LogP contribution in [0, 0.1) is 0 Å². The van der Waals surface area contributed by atoms with E-state index in [1.54, 1.807) is 13.1 Å². The summed E-state index contributed by atoms with van der Waals surface area (Å²) in [6, 6.07) is 1.76. The van der Waals surface area contributed by atoms with Gasteiger partial charge in [-0.15, -0.1) is 11.3 Å². The summed E-state index contributed by atoms with van der Waals surface area (Å²) in [6.07, 6.45) is 0. The number of fused-ring (bicyclic) bond motifs is 1. The van der Waals surface area contributed by atoms with Gasteiger partial charge in [0.1, 0.15) is 17.3 Å². The van der Waals surface area contributed by atoms with Crippen LogP contribution in [-0.4, -0.2) is 41.2 Å². The molecule has 0 aliphatic heterocycles. The van der Waals surface area contributed by atoms with Gasteiger partial charge in [0.2, 0.25) is 5.95 Å². The van der Waals surface area contributed by atoms with Gasteiger partial charge < -0.3 is 15.7 Å². The van der Waals surface area contributed by atoms with Crippen LogP contribution >= 0.6 is 11.3 Å². The second-order valence-corrected chi connectivity index (χ2v) is 4.55. The molecule has 0 atom stereocenters. The molecule has 0 aliphatic rings. The lowest BCUT2D eigenvalue weighted by molar-refractivity contribution is -0.0373. The number of anilines is 2. The van der Waals surface area contributed by atoms with Crippen molar-refractivity contribution in [3.63, 3.8) is 0 Å². The number of nitrogens with zero attached hydrogens (tertiary/aromatic N) is 2. The highest BCUT2D eigenvalue weighted by Gasteiger charge is 2.27. The van der Waals surface area contributed by atoms with Crippen molar-refractivity contribution in [1.82, 2.24) is 9.97 Å². The van der Waals surface area contributed by atoms with Crippen LogP contribution in [0.4, 0.5) is 20.5 Å². The van der Waals surface area contributed by atoms with E-state index in [0.717, 1.165) is 0 Å². The molecule has 0 aliphatic carbocycles. The van der Waals surface area contributed by atoms with Crippen LogP contribution < -0.4 is 10.6 Å². The smallest absolute Gasteiger partial charge is 0.287 e. The minimum absolute atomic E-state index is 0.332. The van der Waals surface area contributed by atoms with Gasteiger partial charge in [0.15, 0.2) is 0 Å². The Labute approximate surface area is 106 Å². The zero-order valence-electron chi connectivity index (χ0n) is 9.57.